The van der Waals surface area contributed by atoms with Crippen molar-refractivity contribution >= 4 is 17.6 Å². The number of hydrogen-bond acceptors (Lipinski definition) is 5. The number of aliphatic carboxylic acids is 1. The summed E-state index contributed by atoms with van der Waals surface area (Å²) in [6.07, 6.45) is -0.0570. The first-order valence-corrected chi connectivity index (χ1v) is 9.13. The molecule has 7 nitrogen and oxygen atoms in total. The number of carboxylic acid groups (broad SMARTS) is 1. The van der Waals surface area contributed by atoms with E-state index in [9.17, 15) is 14.7 Å². The Morgan fingerprint density at radius 3 is 2.52 bits per heavy atom. The van der Waals surface area contributed by atoms with Gasteiger partial charge in [0.05, 0.1) is 13.0 Å². The third-order valence-electron chi connectivity index (χ3n) is 4.57. The Labute approximate surface area is 160 Å². The van der Waals surface area contributed by atoms with Crippen molar-refractivity contribution in [2.24, 2.45) is 5.92 Å². The maximum atomic E-state index is 12.3. The van der Waals surface area contributed by atoms with Gasteiger partial charge in [-0.15, -0.1) is 0 Å². The van der Waals surface area contributed by atoms with Crippen LogP contribution in [0.1, 0.15) is 13.3 Å². The lowest BCUT2D eigenvalue weighted by atomic mass is 10.0. The molecule has 1 amide bonds. The summed E-state index contributed by atoms with van der Waals surface area (Å²) in [7, 11) is 1.55. The number of piperazine rings is 1. The van der Waals surface area contributed by atoms with E-state index in [4.69, 9.17) is 4.74 Å². The number of amides is 1. The number of methoxy groups -OCH3 is 1. The van der Waals surface area contributed by atoms with Crippen LogP contribution in [0.3, 0.4) is 0 Å². The molecule has 1 aromatic rings. The average Bonchev–Trinajstić information content (AvgIpc) is 2.62. The van der Waals surface area contributed by atoms with Crippen LogP contribution >= 0.6 is 0 Å². The molecule has 1 fully saturated rings. The Bertz CT molecular complexity index is 669. The lowest BCUT2D eigenvalue weighted by Gasteiger charge is -2.35. The quantitative estimate of drug-likeness (QED) is 0.642. The largest absolute Gasteiger partial charge is 0.497 e. The second-order valence-electron chi connectivity index (χ2n) is 7.05. The van der Waals surface area contributed by atoms with Crippen LogP contribution < -0.4 is 10.1 Å². The summed E-state index contributed by atoms with van der Waals surface area (Å²) in [4.78, 5) is 28.3. The summed E-state index contributed by atoms with van der Waals surface area (Å²) < 4.78 is 5.13. The highest BCUT2D eigenvalue weighted by Gasteiger charge is 2.26. The molecule has 1 aliphatic rings. The molecular weight excluding hydrogens is 346 g/mol. The molecule has 2 N–H and O–H groups in total. The van der Waals surface area contributed by atoms with E-state index >= 15 is 0 Å². The maximum absolute atomic E-state index is 12.3. The predicted molar refractivity (Wildman–Crippen MR) is 105 cm³/mol. The fourth-order valence-corrected chi connectivity index (χ4v) is 3.19. The molecule has 1 aliphatic heterocycles. The van der Waals surface area contributed by atoms with E-state index < -0.39 is 11.9 Å². The van der Waals surface area contributed by atoms with E-state index in [2.05, 4.69) is 21.7 Å². The van der Waals surface area contributed by atoms with E-state index in [0.29, 0.717) is 18.0 Å². The molecule has 1 aromatic carbocycles. The van der Waals surface area contributed by atoms with Crippen LogP contribution in [0.25, 0.3) is 0 Å². The summed E-state index contributed by atoms with van der Waals surface area (Å²) in [6.45, 7) is 10.6. The van der Waals surface area contributed by atoms with Gasteiger partial charge < -0.3 is 15.2 Å². The number of anilines is 1. The van der Waals surface area contributed by atoms with Gasteiger partial charge in [0.25, 0.3) is 0 Å². The number of carbonyl (C=O) groups excluding carboxylic acids is 1. The van der Waals surface area contributed by atoms with Gasteiger partial charge in [0.1, 0.15) is 5.75 Å². The molecule has 1 heterocycles. The minimum absolute atomic E-state index is 0.0570. The van der Waals surface area contributed by atoms with Crippen molar-refractivity contribution in [2.75, 3.05) is 51.7 Å². The van der Waals surface area contributed by atoms with Crippen molar-refractivity contribution < 1.29 is 19.4 Å². The van der Waals surface area contributed by atoms with Crippen molar-refractivity contribution in [1.29, 1.82) is 0 Å². The minimum Gasteiger partial charge on any atom is -0.497 e. The van der Waals surface area contributed by atoms with E-state index in [0.717, 1.165) is 38.3 Å². The molecule has 0 aliphatic carbocycles. The van der Waals surface area contributed by atoms with Gasteiger partial charge >= 0.3 is 5.97 Å². The van der Waals surface area contributed by atoms with Crippen LogP contribution in [-0.4, -0.2) is 73.2 Å². The summed E-state index contributed by atoms with van der Waals surface area (Å²) in [6, 6.07) is 7.00. The van der Waals surface area contributed by atoms with Crippen LogP contribution in [0.2, 0.25) is 0 Å². The molecule has 7 heteroatoms. The second-order valence-corrected chi connectivity index (χ2v) is 7.05. The van der Waals surface area contributed by atoms with Crippen LogP contribution in [-0.2, 0) is 9.59 Å². The van der Waals surface area contributed by atoms with Crippen molar-refractivity contribution in [2.45, 2.75) is 13.3 Å². The van der Waals surface area contributed by atoms with Crippen LogP contribution in [0.15, 0.2) is 36.4 Å². The third kappa shape index (κ3) is 7.03. The Kier molecular flexibility index (Phi) is 7.82. The fourth-order valence-electron chi connectivity index (χ4n) is 3.19. The number of nitrogens with one attached hydrogen (secondary N) is 1. The number of ether oxygens (including phenoxy) is 1. The SMILES string of the molecule is C=C(C)CN1CCN(C[C@H](CC(=O)Nc2cccc(OC)c2)C(=O)O)CC1. The first-order valence-electron chi connectivity index (χ1n) is 9.13. The lowest BCUT2D eigenvalue weighted by molar-refractivity contribution is -0.144. The van der Waals surface area contributed by atoms with Crippen molar-refractivity contribution in [1.82, 2.24) is 9.80 Å². The van der Waals surface area contributed by atoms with E-state index in [1.807, 2.05) is 6.92 Å². The van der Waals surface area contributed by atoms with E-state index in [-0.39, 0.29) is 12.3 Å². The molecule has 0 bridgehead atoms. The molecule has 0 aromatic heterocycles. The number of rotatable bonds is 9. The number of hydrogen-bond donors (Lipinski definition) is 2. The van der Waals surface area contributed by atoms with Crippen molar-refractivity contribution in [3.8, 4) is 5.75 Å². The van der Waals surface area contributed by atoms with Gasteiger partial charge in [-0.05, 0) is 19.1 Å². The highest BCUT2D eigenvalue weighted by Crippen LogP contribution is 2.18. The van der Waals surface area contributed by atoms with Gasteiger partial charge in [0.15, 0.2) is 0 Å². The van der Waals surface area contributed by atoms with Crippen molar-refractivity contribution in [3.05, 3.63) is 36.4 Å². The summed E-state index contributed by atoms with van der Waals surface area (Å²) in [5.74, 6) is -1.35. The maximum Gasteiger partial charge on any atom is 0.308 e. The zero-order valence-electron chi connectivity index (χ0n) is 16.1. The summed E-state index contributed by atoms with van der Waals surface area (Å²) >= 11 is 0. The zero-order valence-corrected chi connectivity index (χ0v) is 16.1. The summed E-state index contributed by atoms with van der Waals surface area (Å²) in [5, 5.41) is 12.3. The molecule has 27 heavy (non-hydrogen) atoms. The van der Waals surface area contributed by atoms with Gasteiger partial charge in [-0.1, -0.05) is 18.2 Å². The van der Waals surface area contributed by atoms with Gasteiger partial charge in [-0.3, -0.25) is 19.4 Å². The molecule has 0 saturated carbocycles. The number of carbonyl (C=O) groups is 2. The van der Waals surface area contributed by atoms with Crippen molar-refractivity contribution in [3.63, 3.8) is 0 Å². The molecule has 2 rings (SSSR count). The molecule has 1 saturated heterocycles. The highest BCUT2D eigenvalue weighted by atomic mass is 16.5. The Morgan fingerprint density at radius 1 is 1.26 bits per heavy atom. The van der Waals surface area contributed by atoms with E-state index in [1.54, 1.807) is 31.4 Å². The molecule has 1 atom stereocenters. The molecule has 0 unspecified atom stereocenters. The third-order valence-corrected chi connectivity index (χ3v) is 4.57. The first kappa shape index (κ1) is 20.9. The minimum atomic E-state index is -0.944. The van der Waals surface area contributed by atoms with Crippen LogP contribution in [0.4, 0.5) is 5.69 Å². The van der Waals surface area contributed by atoms with Crippen LogP contribution in [0, 0.1) is 5.92 Å². The molecule has 0 spiro atoms. The number of nitrogens with zero attached hydrogens (tertiary/aromatic N) is 2. The Morgan fingerprint density at radius 2 is 1.93 bits per heavy atom. The van der Waals surface area contributed by atoms with E-state index in [1.165, 1.54) is 0 Å². The van der Waals surface area contributed by atoms with Gasteiger partial charge in [-0.25, -0.2) is 0 Å². The molecular formula is C20H29N3O4. The van der Waals surface area contributed by atoms with Gasteiger partial charge in [0, 0.05) is 57.4 Å². The number of benzene rings is 1. The number of carboxylic acids is 1. The Hall–Kier alpha value is -2.38. The monoisotopic (exact) mass is 375 g/mol. The normalized spacial score (nSPS) is 16.5. The summed E-state index contributed by atoms with van der Waals surface area (Å²) in [5.41, 5.74) is 1.72. The van der Waals surface area contributed by atoms with Crippen LogP contribution in [0.5, 0.6) is 5.75 Å². The fraction of sp³-hybridized carbons (Fsp3) is 0.500. The standard InChI is InChI=1S/C20H29N3O4/c1-15(2)13-22-7-9-23(10-8-22)14-16(20(25)26)11-19(24)21-17-5-4-6-18(12-17)27-3/h4-6,12,16H,1,7-11,13-14H2,2-3H3,(H,21,24)(H,25,26)/t16-/m0/s1. The van der Waals surface area contributed by atoms with Gasteiger partial charge in [0.2, 0.25) is 5.91 Å². The Balaban J connectivity index is 1.85. The lowest BCUT2D eigenvalue weighted by Crippen LogP contribution is -2.49. The smallest absolute Gasteiger partial charge is 0.308 e. The topological polar surface area (TPSA) is 82.1 Å². The first-order chi connectivity index (χ1) is 12.9. The second kappa shape index (κ2) is 10.1. The van der Waals surface area contributed by atoms with Gasteiger partial charge in [-0.2, -0.15) is 0 Å². The highest BCUT2D eigenvalue weighted by molar-refractivity contribution is 5.93. The predicted octanol–water partition coefficient (Wildman–Crippen LogP) is 1.92. The molecule has 0 radical (unpaired) electrons. The average molecular weight is 375 g/mol. The zero-order chi connectivity index (χ0) is 19.8. The molecule has 148 valence electrons.